The van der Waals surface area contributed by atoms with Gasteiger partial charge in [-0.3, -0.25) is 4.79 Å². The zero-order chi connectivity index (χ0) is 19.6. The summed E-state index contributed by atoms with van der Waals surface area (Å²) in [5.74, 6) is 1.32. The highest BCUT2D eigenvalue weighted by Crippen LogP contribution is 2.43. The van der Waals surface area contributed by atoms with Gasteiger partial charge in [-0.1, -0.05) is 12.1 Å². The lowest BCUT2D eigenvalue weighted by Crippen LogP contribution is -2.53. The summed E-state index contributed by atoms with van der Waals surface area (Å²) in [6.45, 7) is 0.685. The first-order valence-electron chi connectivity index (χ1n) is 9.73. The third-order valence-electron chi connectivity index (χ3n) is 6.04. The zero-order valence-electron chi connectivity index (χ0n) is 16.3. The fraction of sp³-hybridized carbons (Fsp3) is 0.455. The highest BCUT2D eigenvalue weighted by molar-refractivity contribution is 5.95. The van der Waals surface area contributed by atoms with Crippen molar-refractivity contribution in [3.8, 4) is 11.6 Å². The topological polar surface area (TPSA) is 60.9 Å². The number of carbonyl (C=O) groups is 1. The largest absolute Gasteiger partial charge is 0.497 e. The Bertz CT molecular complexity index is 828. The number of aromatic nitrogens is 1. The van der Waals surface area contributed by atoms with Crippen molar-refractivity contribution in [3.63, 3.8) is 0 Å². The zero-order valence-corrected chi connectivity index (χ0v) is 16.3. The number of amides is 1. The lowest BCUT2D eigenvalue weighted by Gasteiger charge is -2.43. The van der Waals surface area contributed by atoms with Crippen molar-refractivity contribution in [3.05, 3.63) is 54.2 Å². The Morgan fingerprint density at radius 2 is 2.07 bits per heavy atom. The van der Waals surface area contributed by atoms with E-state index >= 15 is 0 Å². The third-order valence-corrected chi connectivity index (χ3v) is 6.04. The Morgan fingerprint density at radius 3 is 2.82 bits per heavy atom. The van der Waals surface area contributed by atoms with E-state index in [2.05, 4.69) is 4.98 Å². The standard InChI is InChI=1S/C22H26N2O4/c1-26-17-7-5-6-16(14-17)21(25)24-13-11-22(27-2)10-9-18(15-19(22)24)28-20-8-3-4-12-23-20/h3-8,12,14,18-19H,9-11,13,15H2,1-2H3/t18?,19?,22-/m1/s1. The minimum atomic E-state index is -0.293. The molecular weight excluding hydrogens is 356 g/mol. The number of benzene rings is 1. The molecule has 0 bridgehead atoms. The van der Waals surface area contributed by atoms with Crippen molar-refractivity contribution < 1.29 is 19.0 Å². The molecule has 1 saturated heterocycles. The molecule has 0 N–H and O–H groups in total. The van der Waals surface area contributed by atoms with Crippen LogP contribution in [0.2, 0.25) is 0 Å². The van der Waals surface area contributed by atoms with Crippen LogP contribution in [0, 0.1) is 0 Å². The van der Waals surface area contributed by atoms with Crippen molar-refractivity contribution >= 4 is 5.91 Å². The molecule has 3 atom stereocenters. The molecule has 6 nitrogen and oxygen atoms in total. The van der Waals surface area contributed by atoms with E-state index in [1.165, 1.54) is 0 Å². The second-order valence-corrected chi connectivity index (χ2v) is 7.45. The summed E-state index contributed by atoms with van der Waals surface area (Å²) in [5.41, 5.74) is 0.345. The van der Waals surface area contributed by atoms with Gasteiger partial charge in [0, 0.05) is 37.9 Å². The van der Waals surface area contributed by atoms with Crippen molar-refractivity contribution in [2.24, 2.45) is 0 Å². The highest BCUT2D eigenvalue weighted by Gasteiger charge is 2.53. The average molecular weight is 382 g/mol. The van der Waals surface area contributed by atoms with Crippen LogP contribution in [0.4, 0.5) is 0 Å². The van der Waals surface area contributed by atoms with Gasteiger partial charge >= 0.3 is 0 Å². The summed E-state index contributed by atoms with van der Waals surface area (Å²) in [6, 6.07) is 13.0. The number of methoxy groups -OCH3 is 2. The molecule has 0 spiro atoms. The molecule has 1 amide bonds. The molecule has 1 aliphatic carbocycles. The normalized spacial score (nSPS) is 26.6. The Hall–Kier alpha value is -2.60. The first-order chi connectivity index (χ1) is 13.6. The van der Waals surface area contributed by atoms with E-state index in [9.17, 15) is 4.79 Å². The molecule has 4 rings (SSSR count). The monoisotopic (exact) mass is 382 g/mol. The lowest BCUT2D eigenvalue weighted by atomic mass is 9.79. The summed E-state index contributed by atoms with van der Waals surface area (Å²) in [7, 11) is 3.36. The van der Waals surface area contributed by atoms with E-state index in [4.69, 9.17) is 14.2 Å². The van der Waals surface area contributed by atoms with E-state index in [1.807, 2.05) is 41.3 Å². The van der Waals surface area contributed by atoms with Gasteiger partial charge in [0.1, 0.15) is 11.9 Å². The molecule has 2 unspecified atom stereocenters. The number of hydrogen-bond acceptors (Lipinski definition) is 5. The van der Waals surface area contributed by atoms with Crippen molar-refractivity contribution in [1.82, 2.24) is 9.88 Å². The SMILES string of the molecule is COc1cccc(C(=O)N2CC[C@]3(OC)CCC(Oc4ccccn4)CC23)c1. The minimum absolute atomic E-state index is 0.0151. The molecule has 1 aliphatic heterocycles. The molecule has 0 radical (unpaired) electrons. The van der Waals surface area contributed by atoms with E-state index in [0.717, 1.165) is 25.7 Å². The van der Waals surface area contributed by atoms with E-state index in [-0.39, 0.29) is 23.7 Å². The van der Waals surface area contributed by atoms with Crippen LogP contribution in [0.1, 0.15) is 36.0 Å². The van der Waals surface area contributed by atoms with E-state index in [1.54, 1.807) is 26.5 Å². The van der Waals surface area contributed by atoms with Crippen molar-refractivity contribution in [1.29, 1.82) is 0 Å². The van der Waals surface area contributed by atoms with Gasteiger partial charge in [-0.25, -0.2) is 4.98 Å². The maximum Gasteiger partial charge on any atom is 0.254 e. The predicted octanol–water partition coefficient (Wildman–Crippen LogP) is 3.32. The molecule has 2 fully saturated rings. The first-order valence-corrected chi connectivity index (χ1v) is 9.73. The molecule has 2 aliphatic rings. The third kappa shape index (κ3) is 3.44. The van der Waals surface area contributed by atoms with Crippen LogP contribution < -0.4 is 9.47 Å². The van der Waals surface area contributed by atoms with E-state index in [0.29, 0.717) is 23.7 Å². The number of carbonyl (C=O) groups excluding carboxylic acids is 1. The van der Waals surface area contributed by atoms with Crippen LogP contribution >= 0.6 is 0 Å². The van der Waals surface area contributed by atoms with Crippen molar-refractivity contribution in [2.75, 3.05) is 20.8 Å². The second-order valence-electron chi connectivity index (χ2n) is 7.45. The van der Waals surface area contributed by atoms with Gasteiger partial charge < -0.3 is 19.1 Å². The van der Waals surface area contributed by atoms with Gasteiger partial charge in [-0.05, 0) is 43.5 Å². The molecule has 2 aromatic rings. The fourth-order valence-electron chi connectivity index (χ4n) is 4.52. The van der Waals surface area contributed by atoms with Gasteiger partial charge in [0.05, 0.1) is 18.8 Å². The fourth-order valence-corrected chi connectivity index (χ4v) is 4.52. The van der Waals surface area contributed by atoms with Crippen LogP contribution in [0.25, 0.3) is 0 Å². The Balaban J connectivity index is 1.54. The average Bonchev–Trinajstić information content (AvgIpc) is 3.13. The van der Waals surface area contributed by atoms with Crippen molar-refractivity contribution in [2.45, 2.75) is 43.4 Å². The molecule has 6 heteroatoms. The molecule has 1 aromatic heterocycles. The van der Waals surface area contributed by atoms with Gasteiger partial charge in [-0.2, -0.15) is 0 Å². The number of fused-ring (bicyclic) bond motifs is 1. The maximum atomic E-state index is 13.3. The molecule has 1 saturated carbocycles. The molecular formula is C22H26N2O4. The Labute approximate surface area is 165 Å². The summed E-state index contributed by atoms with van der Waals surface area (Å²) in [6.07, 6.45) is 5.09. The number of likely N-dealkylation sites (tertiary alicyclic amines) is 1. The summed E-state index contributed by atoms with van der Waals surface area (Å²) in [5, 5.41) is 0. The molecule has 148 valence electrons. The van der Waals surface area contributed by atoms with Crippen LogP contribution in [0.5, 0.6) is 11.6 Å². The van der Waals surface area contributed by atoms with Crippen LogP contribution in [-0.2, 0) is 4.74 Å². The number of ether oxygens (including phenoxy) is 3. The second kappa shape index (κ2) is 7.80. The maximum absolute atomic E-state index is 13.3. The number of hydrogen-bond donors (Lipinski definition) is 0. The summed E-state index contributed by atoms with van der Waals surface area (Å²) >= 11 is 0. The van der Waals surface area contributed by atoms with Gasteiger partial charge in [-0.15, -0.1) is 0 Å². The number of rotatable bonds is 5. The van der Waals surface area contributed by atoms with Gasteiger partial charge in [0.15, 0.2) is 0 Å². The summed E-state index contributed by atoms with van der Waals surface area (Å²) < 4.78 is 17.3. The number of pyridine rings is 1. The lowest BCUT2D eigenvalue weighted by molar-refractivity contribution is -0.0788. The Kier molecular flexibility index (Phi) is 5.22. The summed E-state index contributed by atoms with van der Waals surface area (Å²) in [4.78, 5) is 19.5. The number of nitrogens with zero attached hydrogens (tertiary/aromatic N) is 2. The first kappa shape index (κ1) is 18.7. The van der Waals surface area contributed by atoms with Gasteiger partial charge in [0.2, 0.25) is 5.88 Å². The van der Waals surface area contributed by atoms with Crippen LogP contribution in [0.3, 0.4) is 0 Å². The quantitative estimate of drug-likeness (QED) is 0.794. The van der Waals surface area contributed by atoms with Gasteiger partial charge in [0.25, 0.3) is 5.91 Å². The van der Waals surface area contributed by atoms with E-state index < -0.39 is 0 Å². The molecule has 28 heavy (non-hydrogen) atoms. The Morgan fingerprint density at radius 1 is 1.18 bits per heavy atom. The van der Waals surface area contributed by atoms with Crippen LogP contribution in [0.15, 0.2) is 48.7 Å². The highest BCUT2D eigenvalue weighted by atomic mass is 16.5. The minimum Gasteiger partial charge on any atom is -0.497 e. The smallest absolute Gasteiger partial charge is 0.254 e. The molecule has 2 heterocycles. The molecule has 1 aromatic carbocycles. The van der Waals surface area contributed by atoms with Crippen LogP contribution in [-0.4, -0.2) is 54.3 Å². The predicted molar refractivity (Wildman–Crippen MR) is 105 cm³/mol.